The molecule has 1 fully saturated rings. The molecule has 1 aliphatic rings. The maximum absolute atomic E-state index is 12.4. The van der Waals surface area contributed by atoms with Crippen molar-refractivity contribution in [1.82, 2.24) is 20.2 Å². The van der Waals surface area contributed by atoms with E-state index in [-0.39, 0.29) is 12.1 Å². The molecule has 3 rings (SSSR count). The number of carbonyl (C=O) groups is 1. The van der Waals surface area contributed by atoms with Crippen molar-refractivity contribution in [2.24, 2.45) is 0 Å². The third-order valence-electron chi connectivity index (χ3n) is 4.35. The van der Waals surface area contributed by atoms with Crippen LogP contribution in [-0.4, -0.2) is 46.6 Å². The minimum absolute atomic E-state index is 0.00292. The second kappa shape index (κ2) is 8.92. The van der Waals surface area contributed by atoms with E-state index in [1.165, 1.54) is 4.88 Å². The van der Waals surface area contributed by atoms with Crippen molar-refractivity contribution in [2.75, 3.05) is 19.6 Å². The molecule has 1 aliphatic heterocycles. The van der Waals surface area contributed by atoms with Gasteiger partial charge in [0, 0.05) is 43.3 Å². The molecule has 0 radical (unpaired) electrons. The van der Waals surface area contributed by atoms with Gasteiger partial charge in [-0.15, -0.1) is 11.3 Å². The molecule has 25 heavy (non-hydrogen) atoms. The molecule has 6 nitrogen and oxygen atoms in total. The number of piperidine rings is 1. The lowest BCUT2D eigenvalue weighted by Gasteiger charge is -2.32. The topological polar surface area (TPSA) is 67.4 Å². The first-order valence-electron chi connectivity index (χ1n) is 8.64. The Labute approximate surface area is 152 Å². The fraction of sp³-hybridized carbons (Fsp3) is 0.500. The van der Waals surface area contributed by atoms with Crippen LogP contribution >= 0.6 is 11.3 Å². The Bertz CT molecular complexity index is 677. The third-order valence-corrected chi connectivity index (χ3v) is 5.34. The summed E-state index contributed by atoms with van der Waals surface area (Å²) in [5.74, 6) is 0. The van der Waals surface area contributed by atoms with Gasteiger partial charge in [0.15, 0.2) is 0 Å². The zero-order valence-electron chi connectivity index (χ0n) is 14.5. The molecule has 134 valence electrons. The average molecular weight is 360 g/mol. The highest BCUT2D eigenvalue weighted by Gasteiger charge is 2.24. The summed E-state index contributed by atoms with van der Waals surface area (Å²) in [6.45, 7) is 4.62. The Morgan fingerprint density at radius 3 is 3.20 bits per heavy atom. The normalized spacial score (nSPS) is 17.5. The van der Waals surface area contributed by atoms with Crippen molar-refractivity contribution in [3.63, 3.8) is 0 Å². The van der Waals surface area contributed by atoms with Crippen molar-refractivity contribution in [3.05, 3.63) is 46.2 Å². The number of rotatable bonds is 6. The molecule has 1 saturated heterocycles. The van der Waals surface area contributed by atoms with Crippen LogP contribution in [0, 0.1) is 6.92 Å². The molecule has 0 bridgehead atoms. The smallest absolute Gasteiger partial charge is 0.317 e. The fourth-order valence-corrected chi connectivity index (χ4v) is 3.70. The Kier molecular flexibility index (Phi) is 6.36. The number of thiazole rings is 1. The molecule has 2 aromatic rings. The number of hydrogen-bond acceptors (Lipinski definition) is 5. The monoisotopic (exact) mass is 360 g/mol. The second-order valence-corrected chi connectivity index (χ2v) is 7.16. The van der Waals surface area contributed by atoms with Crippen LogP contribution in [0.5, 0.6) is 0 Å². The van der Waals surface area contributed by atoms with Gasteiger partial charge in [-0.3, -0.25) is 4.98 Å². The minimum Gasteiger partial charge on any atom is -0.372 e. The SMILES string of the molecule is Cc1ncsc1CCNC(=O)N1CCC[C@H](OCc2cccnc2)C1. The number of amides is 2. The fourth-order valence-electron chi connectivity index (χ4n) is 2.92. The van der Waals surface area contributed by atoms with Gasteiger partial charge in [-0.1, -0.05) is 6.07 Å². The summed E-state index contributed by atoms with van der Waals surface area (Å²) in [5, 5.41) is 3.01. The molecule has 1 N–H and O–H groups in total. The summed E-state index contributed by atoms with van der Waals surface area (Å²) in [6, 6.07) is 3.91. The van der Waals surface area contributed by atoms with E-state index in [9.17, 15) is 4.79 Å². The van der Waals surface area contributed by atoms with Crippen molar-refractivity contribution in [2.45, 2.75) is 38.9 Å². The molecule has 2 aromatic heterocycles. The highest BCUT2D eigenvalue weighted by molar-refractivity contribution is 7.09. The van der Waals surface area contributed by atoms with E-state index >= 15 is 0 Å². The minimum atomic E-state index is -0.00292. The maximum atomic E-state index is 12.4. The molecule has 3 heterocycles. The second-order valence-electron chi connectivity index (χ2n) is 6.23. The zero-order chi connectivity index (χ0) is 17.5. The van der Waals surface area contributed by atoms with Crippen LogP contribution in [0.1, 0.15) is 29.0 Å². The summed E-state index contributed by atoms with van der Waals surface area (Å²) in [5.41, 5.74) is 3.96. The third kappa shape index (κ3) is 5.24. The van der Waals surface area contributed by atoms with Crippen LogP contribution in [0.15, 0.2) is 30.0 Å². The molecule has 0 aliphatic carbocycles. The van der Waals surface area contributed by atoms with Gasteiger partial charge in [0.2, 0.25) is 0 Å². The van der Waals surface area contributed by atoms with E-state index in [4.69, 9.17) is 4.74 Å². The van der Waals surface area contributed by atoms with E-state index < -0.39 is 0 Å². The molecule has 1 atom stereocenters. The Morgan fingerprint density at radius 1 is 1.52 bits per heavy atom. The molecule has 7 heteroatoms. The Balaban J connectivity index is 1.41. The number of hydrogen-bond donors (Lipinski definition) is 1. The molecular weight excluding hydrogens is 336 g/mol. The summed E-state index contributed by atoms with van der Waals surface area (Å²) in [6.07, 6.45) is 6.45. The van der Waals surface area contributed by atoms with Crippen LogP contribution in [-0.2, 0) is 17.8 Å². The highest BCUT2D eigenvalue weighted by atomic mass is 32.1. The first-order chi connectivity index (χ1) is 12.2. The lowest BCUT2D eigenvalue weighted by atomic mass is 10.1. The van der Waals surface area contributed by atoms with E-state index in [1.807, 2.05) is 35.7 Å². The van der Waals surface area contributed by atoms with Crippen molar-refractivity contribution in [1.29, 1.82) is 0 Å². The average Bonchev–Trinajstić information content (AvgIpc) is 3.06. The first-order valence-corrected chi connectivity index (χ1v) is 9.52. The van der Waals surface area contributed by atoms with E-state index in [2.05, 4.69) is 15.3 Å². The van der Waals surface area contributed by atoms with Crippen LogP contribution in [0.3, 0.4) is 0 Å². The predicted molar refractivity (Wildman–Crippen MR) is 97.6 cm³/mol. The number of ether oxygens (including phenoxy) is 1. The van der Waals surface area contributed by atoms with Gasteiger partial charge >= 0.3 is 6.03 Å². The maximum Gasteiger partial charge on any atom is 0.317 e. The van der Waals surface area contributed by atoms with Gasteiger partial charge in [0.1, 0.15) is 0 Å². The lowest BCUT2D eigenvalue weighted by Crippen LogP contribution is -2.48. The largest absolute Gasteiger partial charge is 0.372 e. The molecule has 0 saturated carbocycles. The lowest BCUT2D eigenvalue weighted by molar-refractivity contribution is -0.000400. The predicted octanol–water partition coefficient (Wildman–Crippen LogP) is 2.78. The van der Waals surface area contributed by atoms with Gasteiger partial charge < -0.3 is 15.0 Å². The van der Waals surface area contributed by atoms with Crippen LogP contribution < -0.4 is 5.32 Å². The Hall–Kier alpha value is -1.99. The van der Waals surface area contributed by atoms with Gasteiger partial charge in [-0.05, 0) is 31.4 Å². The first kappa shape index (κ1) is 17.8. The van der Waals surface area contributed by atoms with Crippen LogP contribution in [0.2, 0.25) is 0 Å². The summed E-state index contributed by atoms with van der Waals surface area (Å²) < 4.78 is 5.96. The number of carbonyl (C=O) groups excluding carboxylic acids is 1. The van der Waals surface area contributed by atoms with E-state index in [0.717, 1.165) is 37.1 Å². The summed E-state index contributed by atoms with van der Waals surface area (Å²) in [7, 11) is 0. The van der Waals surface area contributed by atoms with Crippen LogP contribution in [0.4, 0.5) is 4.79 Å². The molecule has 0 aromatic carbocycles. The number of pyridine rings is 1. The number of likely N-dealkylation sites (tertiary alicyclic amines) is 1. The summed E-state index contributed by atoms with van der Waals surface area (Å²) >= 11 is 1.64. The van der Waals surface area contributed by atoms with Crippen LogP contribution in [0.25, 0.3) is 0 Å². The molecule has 0 unspecified atom stereocenters. The number of aromatic nitrogens is 2. The van der Waals surface area contributed by atoms with E-state index in [1.54, 1.807) is 17.5 Å². The number of urea groups is 1. The van der Waals surface area contributed by atoms with Gasteiger partial charge in [0.05, 0.1) is 23.9 Å². The van der Waals surface area contributed by atoms with Crippen molar-refractivity contribution in [3.8, 4) is 0 Å². The zero-order valence-corrected chi connectivity index (χ0v) is 15.3. The summed E-state index contributed by atoms with van der Waals surface area (Å²) in [4.78, 5) is 23.8. The molecule has 0 spiro atoms. The quantitative estimate of drug-likeness (QED) is 0.860. The number of aryl methyl sites for hydroxylation is 1. The highest BCUT2D eigenvalue weighted by Crippen LogP contribution is 2.15. The van der Waals surface area contributed by atoms with E-state index in [0.29, 0.717) is 19.7 Å². The molecule has 2 amide bonds. The van der Waals surface area contributed by atoms with Gasteiger partial charge in [-0.2, -0.15) is 0 Å². The number of nitrogens with zero attached hydrogens (tertiary/aromatic N) is 3. The standard InChI is InChI=1S/C18H24N4O2S/c1-14-17(25-13-21-14)6-8-20-18(23)22-9-3-5-16(11-22)24-12-15-4-2-7-19-10-15/h2,4,7,10,13,16H,3,5-6,8-9,11-12H2,1H3,(H,20,23)/t16-/m0/s1. The van der Waals surface area contributed by atoms with Crippen molar-refractivity contribution < 1.29 is 9.53 Å². The van der Waals surface area contributed by atoms with Crippen molar-refractivity contribution >= 4 is 17.4 Å². The molecular formula is C18H24N4O2S. The van der Waals surface area contributed by atoms with Gasteiger partial charge in [-0.25, -0.2) is 9.78 Å². The number of nitrogens with one attached hydrogen (secondary N) is 1. The van der Waals surface area contributed by atoms with Gasteiger partial charge in [0.25, 0.3) is 0 Å². The Morgan fingerprint density at radius 2 is 2.44 bits per heavy atom.